The van der Waals surface area contributed by atoms with Crippen LogP contribution in [0.3, 0.4) is 0 Å². The third kappa shape index (κ3) is 4.49. The largest absolute Gasteiger partial charge is 0.493 e. The minimum absolute atomic E-state index is 0.0939. The first-order chi connectivity index (χ1) is 14.3. The lowest BCUT2D eigenvalue weighted by atomic mass is 10.2. The van der Waals surface area contributed by atoms with Crippen molar-refractivity contribution in [2.24, 2.45) is 0 Å². The SMILES string of the molecule is COc1ccc(CN(c2ccc(F)cc2)S(=O)(=O)c2ccc(F)c(Cl)c2)cc1OC. The van der Waals surface area contributed by atoms with E-state index < -0.39 is 21.7 Å². The van der Waals surface area contributed by atoms with E-state index in [4.69, 9.17) is 21.1 Å². The van der Waals surface area contributed by atoms with Gasteiger partial charge in [-0.2, -0.15) is 0 Å². The highest BCUT2D eigenvalue weighted by Gasteiger charge is 2.26. The van der Waals surface area contributed by atoms with Gasteiger partial charge in [0.1, 0.15) is 11.6 Å². The zero-order chi connectivity index (χ0) is 21.9. The molecular formula is C21H18ClF2NO4S. The second kappa shape index (κ2) is 8.89. The molecule has 0 aromatic heterocycles. The summed E-state index contributed by atoms with van der Waals surface area (Å²) in [6, 6.07) is 13.1. The highest BCUT2D eigenvalue weighted by molar-refractivity contribution is 7.92. The minimum atomic E-state index is -4.15. The molecule has 3 aromatic rings. The maximum absolute atomic E-state index is 13.5. The predicted molar refractivity (Wildman–Crippen MR) is 111 cm³/mol. The number of benzene rings is 3. The van der Waals surface area contributed by atoms with Crippen LogP contribution in [0.4, 0.5) is 14.5 Å². The van der Waals surface area contributed by atoms with Crippen LogP contribution < -0.4 is 13.8 Å². The average molecular weight is 454 g/mol. The van der Waals surface area contributed by atoms with Crippen molar-refractivity contribution in [3.05, 3.63) is 82.9 Å². The minimum Gasteiger partial charge on any atom is -0.493 e. The molecule has 0 heterocycles. The molecule has 30 heavy (non-hydrogen) atoms. The molecule has 0 saturated heterocycles. The number of sulfonamides is 1. The Bertz CT molecular complexity index is 1150. The van der Waals surface area contributed by atoms with Gasteiger partial charge in [0.15, 0.2) is 11.5 Å². The van der Waals surface area contributed by atoms with E-state index in [1.54, 1.807) is 18.2 Å². The topological polar surface area (TPSA) is 55.8 Å². The van der Waals surface area contributed by atoms with Crippen LogP contribution in [0.1, 0.15) is 5.56 Å². The van der Waals surface area contributed by atoms with E-state index in [-0.39, 0.29) is 22.2 Å². The van der Waals surface area contributed by atoms with Gasteiger partial charge in [-0.05, 0) is 60.2 Å². The second-order valence-corrected chi connectivity index (χ2v) is 8.52. The molecule has 0 aliphatic rings. The maximum Gasteiger partial charge on any atom is 0.264 e. The number of anilines is 1. The first-order valence-corrected chi connectivity index (χ1v) is 10.5. The average Bonchev–Trinajstić information content (AvgIpc) is 2.74. The van der Waals surface area contributed by atoms with Gasteiger partial charge in [-0.3, -0.25) is 4.31 Å². The van der Waals surface area contributed by atoms with E-state index in [9.17, 15) is 17.2 Å². The lowest BCUT2D eigenvalue weighted by Gasteiger charge is -2.25. The maximum atomic E-state index is 13.5. The summed E-state index contributed by atoms with van der Waals surface area (Å²) in [4.78, 5) is -0.196. The fourth-order valence-electron chi connectivity index (χ4n) is 2.83. The summed E-state index contributed by atoms with van der Waals surface area (Å²) >= 11 is 5.79. The van der Waals surface area contributed by atoms with E-state index in [1.807, 2.05) is 0 Å². The molecular weight excluding hydrogens is 436 g/mol. The Kier molecular flexibility index (Phi) is 6.48. The Labute approximate surface area is 178 Å². The van der Waals surface area contributed by atoms with Gasteiger partial charge >= 0.3 is 0 Å². The Hall–Kier alpha value is -2.84. The molecule has 0 fully saturated rings. The van der Waals surface area contributed by atoms with Gasteiger partial charge in [-0.25, -0.2) is 17.2 Å². The van der Waals surface area contributed by atoms with Gasteiger partial charge in [0.05, 0.1) is 36.4 Å². The number of ether oxygens (including phenoxy) is 2. The van der Waals surface area contributed by atoms with Crippen molar-refractivity contribution in [3.63, 3.8) is 0 Å². The highest BCUT2D eigenvalue weighted by atomic mass is 35.5. The summed E-state index contributed by atoms with van der Waals surface area (Å²) in [5.74, 6) is -0.324. The van der Waals surface area contributed by atoms with Crippen LogP contribution in [-0.4, -0.2) is 22.6 Å². The molecule has 0 atom stereocenters. The van der Waals surface area contributed by atoms with Crippen LogP contribution in [0.5, 0.6) is 11.5 Å². The Morgan fingerprint density at radius 3 is 2.17 bits per heavy atom. The predicted octanol–water partition coefficient (Wildman–Crippen LogP) is 5.03. The lowest BCUT2D eigenvalue weighted by Crippen LogP contribution is -2.30. The van der Waals surface area contributed by atoms with E-state index in [0.29, 0.717) is 17.1 Å². The van der Waals surface area contributed by atoms with Crippen LogP contribution in [0.25, 0.3) is 0 Å². The first kappa shape index (κ1) is 21.9. The van der Waals surface area contributed by atoms with Crippen molar-refractivity contribution in [3.8, 4) is 11.5 Å². The van der Waals surface area contributed by atoms with Crippen molar-refractivity contribution in [2.45, 2.75) is 11.4 Å². The van der Waals surface area contributed by atoms with Crippen molar-refractivity contribution in [1.82, 2.24) is 0 Å². The van der Waals surface area contributed by atoms with E-state index in [0.717, 1.165) is 34.6 Å². The molecule has 3 rings (SSSR count). The van der Waals surface area contributed by atoms with Crippen LogP contribution in [0.2, 0.25) is 5.02 Å². The molecule has 0 N–H and O–H groups in total. The fraction of sp³-hybridized carbons (Fsp3) is 0.143. The third-order valence-electron chi connectivity index (χ3n) is 4.37. The molecule has 0 unspecified atom stereocenters. The Morgan fingerprint density at radius 1 is 0.900 bits per heavy atom. The van der Waals surface area contributed by atoms with Crippen LogP contribution >= 0.6 is 11.6 Å². The zero-order valence-corrected chi connectivity index (χ0v) is 17.7. The van der Waals surface area contributed by atoms with E-state index >= 15 is 0 Å². The molecule has 0 saturated carbocycles. The summed E-state index contributed by atoms with van der Waals surface area (Å²) in [5.41, 5.74) is 0.820. The van der Waals surface area contributed by atoms with Gasteiger partial charge in [0.2, 0.25) is 0 Å². The quantitative estimate of drug-likeness (QED) is 0.503. The normalized spacial score (nSPS) is 11.2. The van der Waals surface area contributed by atoms with Gasteiger partial charge in [-0.1, -0.05) is 17.7 Å². The van der Waals surface area contributed by atoms with Crippen LogP contribution in [-0.2, 0) is 16.6 Å². The molecule has 0 aliphatic heterocycles. The zero-order valence-electron chi connectivity index (χ0n) is 16.1. The smallest absolute Gasteiger partial charge is 0.264 e. The van der Waals surface area contributed by atoms with Crippen LogP contribution in [0.15, 0.2) is 65.6 Å². The number of hydrogen-bond donors (Lipinski definition) is 0. The highest BCUT2D eigenvalue weighted by Crippen LogP contribution is 2.32. The molecule has 5 nitrogen and oxygen atoms in total. The summed E-state index contributed by atoms with van der Waals surface area (Å²) in [6.45, 7) is -0.0939. The second-order valence-electron chi connectivity index (χ2n) is 6.25. The van der Waals surface area contributed by atoms with Crippen molar-refractivity contribution < 1.29 is 26.7 Å². The lowest BCUT2D eigenvalue weighted by molar-refractivity contribution is 0.354. The molecule has 0 bridgehead atoms. The summed E-state index contributed by atoms with van der Waals surface area (Å²) < 4.78 is 65.2. The molecule has 0 radical (unpaired) electrons. The van der Waals surface area contributed by atoms with Gasteiger partial charge < -0.3 is 9.47 Å². The summed E-state index contributed by atoms with van der Waals surface area (Å²) in [6.07, 6.45) is 0. The first-order valence-electron chi connectivity index (χ1n) is 8.70. The standard InChI is InChI=1S/C21H18ClF2NO4S/c1-28-20-10-3-14(11-21(20)29-2)13-25(16-6-4-15(23)5-7-16)30(26,27)17-8-9-19(24)18(22)12-17/h3-12H,13H2,1-2H3. The van der Waals surface area contributed by atoms with E-state index in [2.05, 4.69) is 0 Å². The summed E-state index contributed by atoms with van der Waals surface area (Å²) in [5, 5.41) is -0.318. The molecule has 9 heteroatoms. The van der Waals surface area contributed by atoms with Gasteiger partial charge in [0.25, 0.3) is 10.0 Å². The van der Waals surface area contributed by atoms with Crippen LogP contribution in [0, 0.1) is 11.6 Å². The monoisotopic (exact) mass is 453 g/mol. The summed E-state index contributed by atoms with van der Waals surface area (Å²) in [7, 11) is -1.19. The number of nitrogens with zero attached hydrogens (tertiary/aromatic N) is 1. The molecule has 0 spiro atoms. The third-order valence-corrected chi connectivity index (χ3v) is 6.43. The van der Waals surface area contributed by atoms with E-state index in [1.165, 1.54) is 26.4 Å². The molecule has 158 valence electrons. The molecule has 3 aromatic carbocycles. The van der Waals surface area contributed by atoms with Gasteiger partial charge in [-0.15, -0.1) is 0 Å². The number of halogens is 3. The Balaban J connectivity index is 2.09. The van der Waals surface area contributed by atoms with Crippen molar-refractivity contribution in [1.29, 1.82) is 0 Å². The molecule has 0 amide bonds. The van der Waals surface area contributed by atoms with Gasteiger partial charge in [0, 0.05) is 0 Å². The number of rotatable bonds is 7. The molecule has 0 aliphatic carbocycles. The number of hydrogen-bond acceptors (Lipinski definition) is 4. The Morgan fingerprint density at radius 2 is 1.57 bits per heavy atom. The number of methoxy groups -OCH3 is 2. The van der Waals surface area contributed by atoms with Crippen molar-refractivity contribution in [2.75, 3.05) is 18.5 Å². The van der Waals surface area contributed by atoms with Crippen molar-refractivity contribution >= 4 is 27.3 Å². The fourth-order valence-corrected chi connectivity index (χ4v) is 4.56.